The molecule has 0 heterocycles. The summed E-state index contributed by atoms with van der Waals surface area (Å²) in [5.41, 5.74) is 10.2. The molecule has 0 aliphatic rings. The molecule has 0 bridgehead atoms. The van der Waals surface area contributed by atoms with Gasteiger partial charge in [0.1, 0.15) is 0 Å². The third-order valence-electron chi connectivity index (χ3n) is 2.26. The van der Waals surface area contributed by atoms with Gasteiger partial charge in [0.25, 0.3) is 0 Å². The normalized spacial score (nSPS) is 11.9. The van der Waals surface area contributed by atoms with Crippen molar-refractivity contribution in [2.75, 3.05) is 6.54 Å². The molecule has 0 fully saturated rings. The van der Waals surface area contributed by atoms with Crippen LogP contribution in [0.4, 0.5) is 0 Å². The maximum Gasteiger partial charge on any atom is 0.0790 e. The quantitative estimate of drug-likeness (QED) is 0.341. The van der Waals surface area contributed by atoms with Crippen LogP contribution in [0.15, 0.2) is 29.4 Å². The third kappa shape index (κ3) is 4.02. The average molecular weight is 205 g/mol. The van der Waals surface area contributed by atoms with Gasteiger partial charge in [0.2, 0.25) is 0 Å². The molecule has 1 N–H and O–H groups in total. The van der Waals surface area contributed by atoms with Crippen molar-refractivity contribution in [3.8, 4) is 0 Å². The van der Waals surface area contributed by atoms with E-state index in [4.69, 9.17) is 5.53 Å². The van der Waals surface area contributed by atoms with Gasteiger partial charge in [-0.1, -0.05) is 34.9 Å². The maximum atomic E-state index is 9.78. The summed E-state index contributed by atoms with van der Waals surface area (Å²) in [5, 5.41) is 13.2. The van der Waals surface area contributed by atoms with Gasteiger partial charge in [-0.05, 0) is 30.9 Å². The van der Waals surface area contributed by atoms with Crippen molar-refractivity contribution in [3.63, 3.8) is 0 Å². The smallest absolute Gasteiger partial charge is 0.0790 e. The zero-order valence-electron chi connectivity index (χ0n) is 8.80. The summed E-state index contributed by atoms with van der Waals surface area (Å²) in [7, 11) is 0. The van der Waals surface area contributed by atoms with Gasteiger partial charge >= 0.3 is 0 Å². The van der Waals surface area contributed by atoms with E-state index in [0.29, 0.717) is 19.4 Å². The molecular formula is C11H15N3O. The summed E-state index contributed by atoms with van der Waals surface area (Å²) < 4.78 is 0. The highest BCUT2D eigenvalue weighted by Crippen LogP contribution is 2.18. The third-order valence-corrected chi connectivity index (χ3v) is 2.26. The predicted molar refractivity (Wildman–Crippen MR) is 59.4 cm³/mol. The molecule has 0 saturated carbocycles. The van der Waals surface area contributed by atoms with Crippen LogP contribution in [0.25, 0.3) is 10.4 Å². The van der Waals surface area contributed by atoms with Crippen LogP contribution in [0.2, 0.25) is 0 Å². The van der Waals surface area contributed by atoms with Crippen molar-refractivity contribution < 1.29 is 5.11 Å². The van der Waals surface area contributed by atoms with Gasteiger partial charge in [-0.2, -0.15) is 0 Å². The van der Waals surface area contributed by atoms with Crippen LogP contribution in [0, 0.1) is 6.92 Å². The molecule has 4 nitrogen and oxygen atoms in total. The number of aliphatic hydroxyl groups is 1. The van der Waals surface area contributed by atoms with Crippen LogP contribution >= 0.6 is 0 Å². The van der Waals surface area contributed by atoms with E-state index in [9.17, 15) is 5.11 Å². The van der Waals surface area contributed by atoms with E-state index in [-0.39, 0.29) is 0 Å². The number of rotatable bonds is 5. The summed E-state index contributed by atoms with van der Waals surface area (Å²) in [6.45, 7) is 2.46. The van der Waals surface area contributed by atoms with Crippen LogP contribution in [0.5, 0.6) is 0 Å². The van der Waals surface area contributed by atoms with Crippen LogP contribution in [-0.4, -0.2) is 11.7 Å². The van der Waals surface area contributed by atoms with Gasteiger partial charge in [0.15, 0.2) is 0 Å². The van der Waals surface area contributed by atoms with E-state index < -0.39 is 6.10 Å². The Hall–Kier alpha value is -1.51. The molecule has 1 atom stereocenters. The zero-order valence-corrected chi connectivity index (χ0v) is 8.80. The summed E-state index contributed by atoms with van der Waals surface area (Å²) in [4.78, 5) is 2.66. The first-order chi connectivity index (χ1) is 7.24. The molecule has 0 radical (unpaired) electrons. The first-order valence-electron chi connectivity index (χ1n) is 4.99. The Labute approximate surface area is 89.2 Å². The highest BCUT2D eigenvalue weighted by atomic mass is 16.3. The molecular weight excluding hydrogens is 190 g/mol. The molecule has 0 saturated heterocycles. The summed E-state index contributed by atoms with van der Waals surface area (Å²) in [6.07, 6.45) is 0.876. The Morgan fingerprint density at radius 3 is 2.67 bits per heavy atom. The average Bonchev–Trinajstić information content (AvgIpc) is 2.25. The number of azide groups is 1. The largest absolute Gasteiger partial charge is 0.388 e. The van der Waals surface area contributed by atoms with Crippen molar-refractivity contribution >= 4 is 0 Å². The molecule has 0 aliphatic carbocycles. The Kier molecular flexibility index (Phi) is 4.68. The maximum absolute atomic E-state index is 9.78. The van der Waals surface area contributed by atoms with E-state index >= 15 is 0 Å². The van der Waals surface area contributed by atoms with Crippen LogP contribution in [0.1, 0.15) is 30.1 Å². The predicted octanol–water partition coefficient (Wildman–Crippen LogP) is 3.12. The first-order valence-corrected chi connectivity index (χ1v) is 4.99. The lowest BCUT2D eigenvalue weighted by molar-refractivity contribution is 0.165. The van der Waals surface area contributed by atoms with E-state index in [1.54, 1.807) is 0 Å². The second-order valence-corrected chi connectivity index (χ2v) is 3.52. The van der Waals surface area contributed by atoms with Gasteiger partial charge in [0.05, 0.1) is 6.10 Å². The van der Waals surface area contributed by atoms with Crippen molar-refractivity contribution in [3.05, 3.63) is 45.8 Å². The summed E-state index contributed by atoms with van der Waals surface area (Å²) in [5.74, 6) is 0. The molecule has 0 aliphatic heterocycles. The molecule has 0 aromatic heterocycles. The Morgan fingerprint density at radius 2 is 2.07 bits per heavy atom. The topological polar surface area (TPSA) is 69.0 Å². The SMILES string of the molecule is Cc1ccc(C(O)CCCN=[N+]=[N-])cc1. The lowest BCUT2D eigenvalue weighted by Crippen LogP contribution is -1.98. The standard InChI is InChI=1S/C11H15N3O/c1-9-4-6-10(7-5-9)11(15)3-2-8-13-14-12/h4-7,11,15H,2-3,8H2,1H3. The molecule has 1 aromatic rings. The summed E-state index contributed by atoms with van der Waals surface area (Å²) in [6, 6.07) is 7.80. The Balaban J connectivity index is 2.42. The number of hydrogen-bond acceptors (Lipinski definition) is 2. The fourth-order valence-electron chi connectivity index (χ4n) is 1.36. The second kappa shape index (κ2) is 6.06. The fourth-order valence-corrected chi connectivity index (χ4v) is 1.36. The van der Waals surface area contributed by atoms with E-state index in [1.807, 2.05) is 31.2 Å². The molecule has 0 amide bonds. The number of aliphatic hydroxyl groups excluding tert-OH is 1. The fraction of sp³-hybridized carbons (Fsp3) is 0.455. The van der Waals surface area contributed by atoms with Gasteiger partial charge in [0, 0.05) is 11.5 Å². The first kappa shape index (κ1) is 11.6. The van der Waals surface area contributed by atoms with Crippen LogP contribution in [-0.2, 0) is 0 Å². The highest BCUT2D eigenvalue weighted by molar-refractivity contribution is 5.22. The van der Waals surface area contributed by atoms with Crippen molar-refractivity contribution in [1.29, 1.82) is 0 Å². The van der Waals surface area contributed by atoms with E-state index in [0.717, 1.165) is 5.56 Å². The minimum atomic E-state index is -0.459. The lowest BCUT2D eigenvalue weighted by atomic mass is 10.0. The van der Waals surface area contributed by atoms with Crippen molar-refractivity contribution in [2.45, 2.75) is 25.9 Å². The van der Waals surface area contributed by atoms with Crippen molar-refractivity contribution in [1.82, 2.24) is 0 Å². The van der Waals surface area contributed by atoms with Gasteiger partial charge < -0.3 is 5.11 Å². The lowest BCUT2D eigenvalue weighted by Gasteiger charge is -2.09. The van der Waals surface area contributed by atoms with E-state index in [1.165, 1.54) is 5.56 Å². The van der Waals surface area contributed by atoms with Gasteiger partial charge in [-0.15, -0.1) is 0 Å². The molecule has 1 aromatic carbocycles. The molecule has 0 spiro atoms. The molecule has 15 heavy (non-hydrogen) atoms. The molecule has 1 rings (SSSR count). The Morgan fingerprint density at radius 1 is 1.40 bits per heavy atom. The monoisotopic (exact) mass is 205 g/mol. The molecule has 4 heteroatoms. The number of nitrogens with zero attached hydrogens (tertiary/aromatic N) is 3. The van der Waals surface area contributed by atoms with Gasteiger partial charge in [-0.3, -0.25) is 0 Å². The van der Waals surface area contributed by atoms with E-state index in [2.05, 4.69) is 10.0 Å². The van der Waals surface area contributed by atoms with Gasteiger partial charge in [-0.25, -0.2) is 0 Å². The minimum Gasteiger partial charge on any atom is -0.388 e. The highest BCUT2D eigenvalue weighted by Gasteiger charge is 2.05. The van der Waals surface area contributed by atoms with Crippen LogP contribution in [0.3, 0.4) is 0 Å². The number of hydrogen-bond donors (Lipinski definition) is 1. The minimum absolute atomic E-state index is 0.444. The van der Waals surface area contributed by atoms with Crippen molar-refractivity contribution in [2.24, 2.45) is 5.11 Å². The second-order valence-electron chi connectivity index (χ2n) is 3.52. The van der Waals surface area contributed by atoms with Crippen LogP contribution < -0.4 is 0 Å². The number of aryl methyl sites for hydroxylation is 1. The zero-order chi connectivity index (χ0) is 11.1. The summed E-state index contributed by atoms with van der Waals surface area (Å²) >= 11 is 0. The molecule has 1 unspecified atom stereocenters. The number of benzene rings is 1. The Bertz CT molecular complexity index is 341. The molecule has 80 valence electrons.